The molecule has 2 heterocycles. The number of aryl methyl sites for hydroxylation is 1. The molecule has 0 bridgehead atoms. The minimum Gasteiger partial charge on any atom is -0.334 e. The minimum atomic E-state index is 0.687. The van der Waals surface area contributed by atoms with Crippen LogP contribution >= 0.6 is 0 Å². The number of hydrogen-bond donors (Lipinski definition) is 1. The summed E-state index contributed by atoms with van der Waals surface area (Å²) in [5.41, 5.74) is 1.45. The van der Waals surface area contributed by atoms with Crippen LogP contribution in [-0.2, 0) is 6.54 Å². The zero-order chi connectivity index (χ0) is 11.5. The van der Waals surface area contributed by atoms with Gasteiger partial charge >= 0.3 is 0 Å². The molecular weight excluding hydrogens is 210 g/mol. The van der Waals surface area contributed by atoms with Crippen LogP contribution in [0, 0.1) is 5.92 Å². The predicted molar refractivity (Wildman–Crippen MR) is 69.0 cm³/mol. The van der Waals surface area contributed by atoms with Crippen LogP contribution in [0.3, 0.4) is 0 Å². The minimum absolute atomic E-state index is 0.687. The van der Waals surface area contributed by atoms with Gasteiger partial charge in [-0.3, -0.25) is 0 Å². The maximum atomic E-state index is 4.35. The molecule has 1 saturated carbocycles. The Morgan fingerprint density at radius 2 is 2.29 bits per heavy atom. The molecule has 3 rings (SSSR count). The van der Waals surface area contributed by atoms with Gasteiger partial charge in [-0.05, 0) is 38.1 Å². The van der Waals surface area contributed by atoms with E-state index in [0.29, 0.717) is 5.92 Å². The number of rotatable bonds is 5. The molecule has 94 valence electrons. The Labute approximate surface area is 104 Å². The van der Waals surface area contributed by atoms with Crippen LogP contribution < -0.4 is 5.32 Å². The Bertz CT molecular complexity index is 348. The first-order chi connectivity index (χ1) is 8.43. The fraction of sp³-hybridized carbons (Fsp3) is 0.786. The summed E-state index contributed by atoms with van der Waals surface area (Å²) in [7, 11) is 0. The number of nitrogens with one attached hydrogen (secondary N) is 1. The molecule has 2 fully saturated rings. The summed E-state index contributed by atoms with van der Waals surface area (Å²) >= 11 is 0. The summed E-state index contributed by atoms with van der Waals surface area (Å²) in [6.45, 7) is 3.49. The summed E-state index contributed by atoms with van der Waals surface area (Å²) in [5, 5.41) is 3.49. The van der Waals surface area contributed by atoms with E-state index in [1.807, 2.05) is 6.33 Å². The molecule has 1 unspecified atom stereocenters. The van der Waals surface area contributed by atoms with E-state index in [1.165, 1.54) is 57.3 Å². The van der Waals surface area contributed by atoms with Crippen molar-refractivity contribution in [2.75, 3.05) is 13.1 Å². The standard InChI is InChI=1S/C14H23N3/c1-4-13(9-15-7-1)14-10-16-11-17(14)8-2-3-12-5-6-12/h10-13,15H,1-9H2. The van der Waals surface area contributed by atoms with E-state index < -0.39 is 0 Å². The molecule has 0 spiro atoms. The highest BCUT2D eigenvalue weighted by Gasteiger charge is 2.21. The summed E-state index contributed by atoms with van der Waals surface area (Å²) in [4.78, 5) is 4.35. The molecule has 0 amide bonds. The smallest absolute Gasteiger partial charge is 0.0948 e. The molecule has 1 aliphatic heterocycles. The van der Waals surface area contributed by atoms with Gasteiger partial charge in [-0.15, -0.1) is 0 Å². The van der Waals surface area contributed by atoms with Crippen LogP contribution in [0.5, 0.6) is 0 Å². The van der Waals surface area contributed by atoms with E-state index in [-0.39, 0.29) is 0 Å². The van der Waals surface area contributed by atoms with Crippen molar-refractivity contribution in [1.82, 2.24) is 14.9 Å². The van der Waals surface area contributed by atoms with Crippen LogP contribution in [0.4, 0.5) is 0 Å². The van der Waals surface area contributed by atoms with Gasteiger partial charge in [-0.1, -0.05) is 12.8 Å². The highest BCUT2D eigenvalue weighted by Crippen LogP contribution is 2.33. The molecule has 17 heavy (non-hydrogen) atoms. The maximum absolute atomic E-state index is 4.35. The van der Waals surface area contributed by atoms with Crippen molar-refractivity contribution in [3.8, 4) is 0 Å². The fourth-order valence-electron chi connectivity index (χ4n) is 2.92. The number of imidazole rings is 1. The van der Waals surface area contributed by atoms with Crippen LogP contribution in [0.15, 0.2) is 12.5 Å². The lowest BCUT2D eigenvalue weighted by molar-refractivity contribution is 0.436. The molecule has 0 radical (unpaired) electrons. The molecule has 1 N–H and O–H groups in total. The Balaban J connectivity index is 1.57. The van der Waals surface area contributed by atoms with Crippen LogP contribution in [-0.4, -0.2) is 22.6 Å². The molecule has 1 aliphatic carbocycles. The second kappa shape index (κ2) is 5.21. The van der Waals surface area contributed by atoms with Gasteiger partial charge < -0.3 is 9.88 Å². The van der Waals surface area contributed by atoms with E-state index in [2.05, 4.69) is 21.1 Å². The molecule has 2 aliphatic rings. The van der Waals surface area contributed by atoms with Crippen molar-refractivity contribution in [2.24, 2.45) is 5.92 Å². The van der Waals surface area contributed by atoms with Crippen molar-refractivity contribution in [1.29, 1.82) is 0 Å². The van der Waals surface area contributed by atoms with E-state index in [1.54, 1.807) is 0 Å². The van der Waals surface area contributed by atoms with Crippen molar-refractivity contribution in [3.63, 3.8) is 0 Å². The van der Waals surface area contributed by atoms with Crippen molar-refractivity contribution in [3.05, 3.63) is 18.2 Å². The lowest BCUT2D eigenvalue weighted by Crippen LogP contribution is -2.29. The summed E-state index contributed by atoms with van der Waals surface area (Å²) < 4.78 is 2.39. The first-order valence-corrected chi connectivity index (χ1v) is 7.14. The third kappa shape index (κ3) is 2.89. The Morgan fingerprint density at radius 3 is 3.06 bits per heavy atom. The normalized spacial score (nSPS) is 25.1. The van der Waals surface area contributed by atoms with Gasteiger partial charge in [0.15, 0.2) is 0 Å². The molecule has 1 atom stereocenters. The third-order valence-electron chi connectivity index (χ3n) is 4.17. The maximum Gasteiger partial charge on any atom is 0.0948 e. The van der Waals surface area contributed by atoms with Gasteiger partial charge in [-0.2, -0.15) is 0 Å². The Morgan fingerprint density at radius 1 is 1.35 bits per heavy atom. The third-order valence-corrected chi connectivity index (χ3v) is 4.17. The Kier molecular flexibility index (Phi) is 3.46. The quantitative estimate of drug-likeness (QED) is 0.847. The van der Waals surface area contributed by atoms with E-state index >= 15 is 0 Å². The molecule has 1 aromatic heterocycles. The zero-order valence-corrected chi connectivity index (χ0v) is 10.6. The van der Waals surface area contributed by atoms with Gasteiger partial charge in [0.1, 0.15) is 0 Å². The predicted octanol–water partition coefficient (Wildman–Crippen LogP) is 2.54. The molecule has 1 aromatic rings. The van der Waals surface area contributed by atoms with E-state index in [0.717, 1.165) is 12.5 Å². The van der Waals surface area contributed by atoms with E-state index in [4.69, 9.17) is 0 Å². The summed E-state index contributed by atoms with van der Waals surface area (Å²) in [6.07, 6.45) is 12.4. The zero-order valence-electron chi connectivity index (χ0n) is 10.6. The SMILES string of the molecule is c1ncn(CCCC2CC2)c1C1CCCNC1. The average molecular weight is 233 g/mol. The van der Waals surface area contributed by atoms with Crippen molar-refractivity contribution in [2.45, 2.75) is 51.0 Å². The second-order valence-electron chi connectivity index (χ2n) is 5.64. The van der Waals surface area contributed by atoms with Crippen LogP contribution in [0.25, 0.3) is 0 Å². The van der Waals surface area contributed by atoms with Crippen molar-refractivity contribution >= 4 is 0 Å². The summed E-state index contributed by atoms with van der Waals surface area (Å²) in [5.74, 6) is 1.74. The summed E-state index contributed by atoms with van der Waals surface area (Å²) in [6, 6.07) is 0. The molecule has 3 heteroatoms. The first-order valence-electron chi connectivity index (χ1n) is 7.14. The van der Waals surface area contributed by atoms with Crippen LogP contribution in [0.1, 0.15) is 50.1 Å². The van der Waals surface area contributed by atoms with Crippen molar-refractivity contribution < 1.29 is 0 Å². The first kappa shape index (κ1) is 11.3. The molecule has 3 nitrogen and oxygen atoms in total. The Hall–Kier alpha value is -0.830. The van der Waals surface area contributed by atoms with E-state index in [9.17, 15) is 0 Å². The molecule has 1 saturated heterocycles. The van der Waals surface area contributed by atoms with Gasteiger partial charge in [0.25, 0.3) is 0 Å². The number of nitrogens with zero attached hydrogens (tertiary/aromatic N) is 2. The lowest BCUT2D eigenvalue weighted by Gasteiger charge is -2.23. The number of piperidine rings is 1. The topological polar surface area (TPSA) is 29.9 Å². The molecular formula is C14H23N3. The number of hydrogen-bond acceptors (Lipinski definition) is 2. The van der Waals surface area contributed by atoms with Gasteiger partial charge in [0.05, 0.1) is 6.33 Å². The molecule has 0 aromatic carbocycles. The van der Waals surface area contributed by atoms with Gasteiger partial charge in [-0.25, -0.2) is 4.98 Å². The number of aromatic nitrogens is 2. The fourth-order valence-corrected chi connectivity index (χ4v) is 2.92. The monoisotopic (exact) mass is 233 g/mol. The van der Waals surface area contributed by atoms with Gasteiger partial charge in [0, 0.05) is 30.9 Å². The average Bonchev–Trinajstić information content (AvgIpc) is 3.07. The largest absolute Gasteiger partial charge is 0.334 e. The lowest BCUT2D eigenvalue weighted by atomic mass is 9.96. The second-order valence-corrected chi connectivity index (χ2v) is 5.64. The van der Waals surface area contributed by atoms with Crippen LogP contribution in [0.2, 0.25) is 0 Å². The highest BCUT2D eigenvalue weighted by molar-refractivity contribution is 5.08. The van der Waals surface area contributed by atoms with Gasteiger partial charge in [0.2, 0.25) is 0 Å². The highest BCUT2D eigenvalue weighted by atomic mass is 15.1.